The summed E-state index contributed by atoms with van der Waals surface area (Å²) in [5.74, 6) is -0.857. The predicted octanol–water partition coefficient (Wildman–Crippen LogP) is 2.64. The number of azide groups is 1. The fraction of sp³-hybridized carbons (Fsp3) is 0.462. The fourth-order valence-corrected chi connectivity index (χ4v) is 1.68. The molecule has 0 aromatic heterocycles. The summed E-state index contributed by atoms with van der Waals surface area (Å²) in [6, 6.07) is 3.88. The van der Waals surface area contributed by atoms with Crippen molar-refractivity contribution in [2.24, 2.45) is 5.11 Å². The molecule has 0 saturated carbocycles. The zero-order chi connectivity index (χ0) is 15.0. The number of aryl methyl sites for hydroxylation is 1. The number of methoxy groups -OCH3 is 1. The summed E-state index contributed by atoms with van der Waals surface area (Å²) in [5.41, 5.74) is 9.18. The number of hydrogen-bond donors (Lipinski definition) is 1. The van der Waals surface area contributed by atoms with E-state index in [1.54, 1.807) is 19.1 Å². The average Bonchev–Trinajstić information content (AvgIpc) is 2.45. The van der Waals surface area contributed by atoms with Crippen molar-refractivity contribution in [3.05, 3.63) is 45.6 Å². The van der Waals surface area contributed by atoms with Gasteiger partial charge in [0.05, 0.1) is 7.11 Å². The molecule has 1 aromatic rings. The molecule has 1 atom stereocenters. The van der Waals surface area contributed by atoms with Gasteiger partial charge in [0, 0.05) is 11.5 Å². The molecule has 1 aromatic carbocycles. The number of esters is 1. The summed E-state index contributed by atoms with van der Waals surface area (Å²) < 4.78 is 18.3. The van der Waals surface area contributed by atoms with Crippen LogP contribution in [0, 0.1) is 12.7 Å². The van der Waals surface area contributed by atoms with E-state index in [4.69, 9.17) is 10.3 Å². The molecule has 6 nitrogen and oxygen atoms in total. The zero-order valence-electron chi connectivity index (χ0n) is 11.5. The van der Waals surface area contributed by atoms with Crippen LogP contribution in [0.5, 0.6) is 0 Å². The van der Waals surface area contributed by atoms with Crippen LogP contribution >= 0.6 is 0 Å². The van der Waals surface area contributed by atoms with Gasteiger partial charge < -0.3 is 10.1 Å². The highest BCUT2D eigenvalue weighted by Crippen LogP contribution is 2.18. The van der Waals surface area contributed by atoms with Crippen molar-refractivity contribution in [1.29, 1.82) is 0 Å². The number of ether oxygens (including phenoxy) is 1. The summed E-state index contributed by atoms with van der Waals surface area (Å²) >= 11 is 0. The van der Waals surface area contributed by atoms with Crippen molar-refractivity contribution in [3.63, 3.8) is 0 Å². The Balaban J connectivity index is 2.75. The van der Waals surface area contributed by atoms with Crippen LogP contribution in [0.15, 0.2) is 23.3 Å². The number of rotatable bonds is 7. The third-order valence-corrected chi connectivity index (χ3v) is 2.81. The highest BCUT2D eigenvalue weighted by molar-refractivity contribution is 5.77. The Morgan fingerprint density at radius 3 is 2.95 bits per heavy atom. The Labute approximate surface area is 116 Å². The van der Waals surface area contributed by atoms with Gasteiger partial charge in [-0.2, -0.15) is 0 Å². The minimum Gasteiger partial charge on any atom is -0.468 e. The Morgan fingerprint density at radius 2 is 2.35 bits per heavy atom. The maximum absolute atomic E-state index is 13.6. The molecule has 7 heteroatoms. The van der Waals surface area contributed by atoms with Gasteiger partial charge in [-0.25, -0.2) is 9.18 Å². The van der Waals surface area contributed by atoms with E-state index in [-0.39, 0.29) is 5.82 Å². The SMILES string of the molecule is COC(=O)C(NCCCN=[N+]=[N-])c1ccc(C)c(F)c1. The first-order valence-electron chi connectivity index (χ1n) is 6.18. The van der Waals surface area contributed by atoms with Gasteiger partial charge in [-0.15, -0.1) is 0 Å². The zero-order valence-corrected chi connectivity index (χ0v) is 11.5. The van der Waals surface area contributed by atoms with Crippen LogP contribution in [0.2, 0.25) is 0 Å². The second-order valence-corrected chi connectivity index (χ2v) is 4.23. The second-order valence-electron chi connectivity index (χ2n) is 4.23. The number of hydrogen-bond acceptors (Lipinski definition) is 4. The fourth-order valence-electron chi connectivity index (χ4n) is 1.68. The number of benzene rings is 1. The molecule has 0 bridgehead atoms. The largest absolute Gasteiger partial charge is 0.468 e. The minimum absolute atomic E-state index is 0.333. The molecular weight excluding hydrogens is 263 g/mol. The number of halogens is 1. The van der Waals surface area contributed by atoms with Crippen LogP contribution in [-0.4, -0.2) is 26.2 Å². The van der Waals surface area contributed by atoms with E-state index >= 15 is 0 Å². The number of nitrogens with one attached hydrogen (secondary N) is 1. The van der Waals surface area contributed by atoms with Gasteiger partial charge in [0.2, 0.25) is 0 Å². The number of carbonyl (C=O) groups excluding carboxylic acids is 1. The molecule has 0 heterocycles. The monoisotopic (exact) mass is 280 g/mol. The average molecular weight is 280 g/mol. The lowest BCUT2D eigenvalue weighted by Crippen LogP contribution is -2.30. The molecule has 1 N–H and O–H groups in total. The first kappa shape index (κ1) is 15.9. The maximum Gasteiger partial charge on any atom is 0.327 e. The van der Waals surface area contributed by atoms with Gasteiger partial charge in [-0.3, -0.25) is 0 Å². The van der Waals surface area contributed by atoms with E-state index in [0.717, 1.165) is 0 Å². The van der Waals surface area contributed by atoms with Crippen LogP contribution in [0.4, 0.5) is 4.39 Å². The Hall–Kier alpha value is -2.11. The lowest BCUT2D eigenvalue weighted by Gasteiger charge is -2.17. The van der Waals surface area contributed by atoms with Crippen molar-refractivity contribution in [2.75, 3.05) is 20.2 Å². The highest BCUT2D eigenvalue weighted by Gasteiger charge is 2.21. The quantitative estimate of drug-likeness (QED) is 0.274. The molecule has 1 unspecified atom stereocenters. The van der Waals surface area contributed by atoms with Crippen LogP contribution in [-0.2, 0) is 9.53 Å². The smallest absolute Gasteiger partial charge is 0.327 e. The van der Waals surface area contributed by atoms with E-state index < -0.39 is 12.0 Å². The highest BCUT2D eigenvalue weighted by atomic mass is 19.1. The standard InChI is InChI=1S/C13H17FN4O2/c1-9-4-5-10(8-11(9)14)12(13(19)20-2)16-6-3-7-17-18-15/h4-5,8,12,16H,3,6-7H2,1-2H3. The first-order chi connectivity index (χ1) is 9.60. The molecule has 1 rings (SSSR count). The topological polar surface area (TPSA) is 87.1 Å². The lowest BCUT2D eigenvalue weighted by molar-refractivity contribution is -0.143. The third kappa shape index (κ3) is 4.53. The van der Waals surface area contributed by atoms with Crippen LogP contribution in [0.3, 0.4) is 0 Å². The summed E-state index contributed by atoms with van der Waals surface area (Å²) in [7, 11) is 1.28. The molecule has 0 amide bonds. The molecular formula is C13H17FN4O2. The van der Waals surface area contributed by atoms with Crippen LogP contribution in [0.1, 0.15) is 23.6 Å². The van der Waals surface area contributed by atoms with Gasteiger partial charge in [0.1, 0.15) is 11.9 Å². The minimum atomic E-state index is -0.735. The Morgan fingerprint density at radius 1 is 1.60 bits per heavy atom. The first-order valence-corrected chi connectivity index (χ1v) is 6.18. The van der Waals surface area contributed by atoms with Crippen LogP contribution < -0.4 is 5.32 Å². The third-order valence-electron chi connectivity index (χ3n) is 2.81. The molecule has 0 aliphatic rings. The van der Waals surface area contributed by atoms with Crippen molar-refractivity contribution < 1.29 is 13.9 Å². The molecule has 0 radical (unpaired) electrons. The molecule has 20 heavy (non-hydrogen) atoms. The van der Waals surface area contributed by atoms with Crippen molar-refractivity contribution in [3.8, 4) is 0 Å². The van der Waals surface area contributed by atoms with E-state index in [9.17, 15) is 9.18 Å². The summed E-state index contributed by atoms with van der Waals surface area (Å²) in [4.78, 5) is 14.4. The molecule has 0 saturated heterocycles. The van der Waals surface area contributed by atoms with Crippen molar-refractivity contribution in [1.82, 2.24) is 5.32 Å². The van der Waals surface area contributed by atoms with Crippen LogP contribution in [0.25, 0.3) is 10.4 Å². The maximum atomic E-state index is 13.6. The van der Waals surface area contributed by atoms with E-state index in [1.165, 1.54) is 13.2 Å². The lowest BCUT2D eigenvalue weighted by atomic mass is 10.0. The van der Waals surface area contributed by atoms with Crippen molar-refractivity contribution >= 4 is 5.97 Å². The molecule has 0 spiro atoms. The van der Waals surface area contributed by atoms with Gasteiger partial charge in [0.25, 0.3) is 0 Å². The second kappa shape index (κ2) is 8.14. The van der Waals surface area contributed by atoms with E-state index in [0.29, 0.717) is 30.6 Å². The Kier molecular flexibility index (Phi) is 6.49. The van der Waals surface area contributed by atoms with Gasteiger partial charge in [-0.1, -0.05) is 17.2 Å². The predicted molar refractivity (Wildman–Crippen MR) is 72.5 cm³/mol. The molecule has 0 aliphatic heterocycles. The molecule has 0 fully saturated rings. The van der Waals surface area contributed by atoms with E-state index in [1.807, 2.05) is 0 Å². The van der Waals surface area contributed by atoms with Gasteiger partial charge in [0.15, 0.2) is 0 Å². The number of carbonyl (C=O) groups is 1. The van der Waals surface area contributed by atoms with E-state index in [2.05, 4.69) is 15.3 Å². The van der Waals surface area contributed by atoms with Crippen molar-refractivity contribution in [2.45, 2.75) is 19.4 Å². The molecule has 0 aliphatic carbocycles. The summed E-state index contributed by atoms with van der Waals surface area (Å²) in [6.07, 6.45) is 0.575. The normalized spacial score (nSPS) is 11.6. The van der Waals surface area contributed by atoms with Gasteiger partial charge in [-0.05, 0) is 42.6 Å². The summed E-state index contributed by atoms with van der Waals surface area (Å²) in [6.45, 7) is 2.44. The Bertz CT molecular complexity index is 515. The van der Waals surface area contributed by atoms with Gasteiger partial charge >= 0.3 is 5.97 Å². The molecule has 108 valence electrons. The number of nitrogens with zero attached hydrogens (tertiary/aromatic N) is 3. The summed E-state index contributed by atoms with van der Waals surface area (Å²) in [5, 5.41) is 6.36.